The first-order valence-corrected chi connectivity index (χ1v) is 10.9. The van der Waals surface area contributed by atoms with Crippen molar-refractivity contribution < 1.29 is 35.9 Å². The number of rotatable bonds is 8. The number of halogens is 6. The molecule has 1 atom stereocenters. The van der Waals surface area contributed by atoms with E-state index in [-0.39, 0.29) is 31.4 Å². The molecule has 1 aliphatic rings. The fourth-order valence-electron chi connectivity index (χ4n) is 3.63. The van der Waals surface area contributed by atoms with Crippen LogP contribution < -0.4 is 15.8 Å². The molecule has 1 fully saturated rings. The van der Waals surface area contributed by atoms with Crippen LogP contribution >= 0.6 is 0 Å². The number of hydrogen-bond acceptors (Lipinski definition) is 7. The van der Waals surface area contributed by atoms with Gasteiger partial charge >= 0.3 is 12.4 Å². The highest BCUT2D eigenvalue weighted by Crippen LogP contribution is 2.32. The molecule has 3 rings (SSSR count). The molecular formula is C21H24F6N6O3. The third-order valence-corrected chi connectivity index (χ3v) is 5.40. The van der Waals surface area contributed by atoms with E-state index in [0.29, 0.717) is 26.2 Å². The molecule has 2 aromatic rings. The Labute approximate surface area is 201 Å². The summed E-state index contributed by atoms with van der Waals surface area (Å²) in [5, 5.41) is 7.66. The summed E-state index contributed by atoms with van der Waals surface area (Å²) < 4.78 is 83.5. The Morgan fingerprint density at radius 1 is 1.17 bits per heavy atom. The second kappa shape index (κ2) is 11.1. The number of nitrogens with one attached hydrogen (secondary N) is 2. The van der Waals surface area contributed by atoms with Crippen LogP contribution in [0.1, 0.15) is 24.5 Å². The molecule has 0 saturated carbocycles. The van der Waals surface area contributed by atoms with E-state index in [1.807, 2.05) is 0 Å². The van der Waals surface area contributed by atoms with E-state index in [2.05, 4.69) is 15.4 Å². The third-order valence-electron chi connectivity index (χ3n) is 5.40. The molecule has 0 radical (unpaired) electrons. The maximum Gasteiger partial charge on any atom is 0.423 e. The van der Waals surface area contributed by atoms with Crippen LogP contribution in [0.5, 0.6) is 0 Å². The number of alkyl halides is 6. The van der Waals surface area contributed by atoms with Crippen LogP contribution in [0.15, 0.2) is 29.3 Å². The third kappa shape index (κ3) is 7.08. The average molecular weight is 522 g/mol. The first-order valence-electron chi connectivity index (χ1n) is 10.9. The van der Waals surface area contributed by atoms with Crippen molar-refractivity contribution in [2.45, 2.75) is 31.7 Å². The number of amides is 1. The van der Waals surface area contributed by atoms with E-state index < -0.39 is 40.8 Å². The maximum atomic E-state index is 13.1. The Balaban J connectivity index is 1.42. The van der Waals surface area contributed by atoms with Gasteiger partial charge in [-0.3, -0.25) is 9.59 Å². The lowest BCUT2D eigenvalue weighted by molar-refractivity contribution is -0.138. The van der Waals surface area contributed by atoms with Gasteiger partial charge in [0.2, 0.25) is 5.91 Å². The summed E-state index contributed by atoms with van der Waals surface area (Å²) in [5.74, 6) is -0.0311. The van der Waals surface area contributed by atoms with Crippen molar-refractivity contribution in [3.05, 3.63) is 46.0 Å². The number of carbonyl (C=O) groups is 1. The highest BCUT2D eigenvalue weighted by molar-refractivity contribution is 5.76. The summed E-state index contributed by atoms with van der Waals surface area (Å²) in [5.41, 5.74) is -4.03. The molecule has 3 heterocycles. The smallest absolute Gasteiger partial charge is 0.379 e. The van der Waals surface area contributed by atoms with Gasteiger partial charge in [-0.05, 0) is 19.1 Å². The standard InChI is InChI=1S/C21H24F6N6O3/c1-13(30-15-11-29-31-19(35)18(15)21(25,26)27)12-36-9-3-17(34)33-7-5-32(6-8-33)16-10-14(2-4-28-16)20(22,23)24/h2,4,10-11,13H,3,5-9,12H2,1H3,(H2,30,31,35). The minimum Gasteiger partial charge on any atom is -0.379 e. The van der Waals surface area contributed by atoms with Gasteiger partial charge in [0.1, 0.15) is 11.4 Å². The number of aromatic amines is 1. The summed E-state index contributed by atoms with van der Waals surface area (Å²) >= 11 is 0. The highest BCUT2D eigenvalue weighted by atomic mass is 19.4. The van der Waals surface area contributed by atoms with Crippen LogP contribution in [0.3, 0.4) is 0 Å². The molecule has 198 valence electrons. The second-order valence-electron chi connectivity index (χ2n) is 8.12. The lowest BCUT2D eigenvalue weighted by atomic mass is 10.2. The Bertz CT molecular complexity index is 1100. The molecule has 1 aliphatic heterocycles. The Kier molecular flexibility index (Phi) is 8.43. The molecule has 36 heavy (non-hydrogen) atoms. The molecule has 9 nitrogen and oxygen atoms in total. The van der Waals surface area contributed by atoms with E-state index in [0.717, 1.165) is 24.5 Å². The van der Waals surface area contributed by atoms with Crippen molar-refractivity contribution in [3.8, 4) is 0 Å². The fraction of sp³-hybridized carbons (Fsp3) is 0.524. The number of piperazine rings is 1. The van der Waals surface area contributed by atoms with E-state index in [1.54, 1.807) is 21.8 Å². The monoisotopic (exact) mass is 522 g/mol. The number of nitrogens with zero attached hydrogens (tertiary/aromatic N) is 4. The topological polar surface area (TPSA) is 103 Å². The molecule has 2 N–H and O–H groups in total. The predicted octanol–water partition coefficient (Wildman–Crippen LogP) is 2.76. The van der Waals surface area contributed by atoms with Crippen molar-refractivity contribution in [1.82, 2.24) is 20.1 Å². The largest absolute Gasteiger partial charge is 0.423 e. The average Bonchev–Trinajstić information content (AvgIpc) is 2.80. The molecular weight excluding hydrogens is 498 g/mol. The fourth-order valence-corrected chi connectivity index (χ4v) is 3.63. The molecule has 1 saturated heterocycles. The van der Waals surface area contributed by atoms with Crippen molar-refractivity contribution >= 4 is 17.4 Å². The summed E-state index contributed by atoms with van der Waals surface area (Å²) in [6.45, 7) is 2.74. The van der Waals surface area contributed by atoms with Gasteiger partial charge in [-0.15, -0.1) is 0 Å². The zero-order chi connectivity index (χ0) is 26.5. The van der Waals surface area contributed by atoms with Crippen molar-refractivity contribution in [1.29, 1.82) is 0 Å². The van der Waals surface area contributed by atoms with E-state index in [9.17, 15) is 35.9 Å². The van der Waals surface area contributed by atoms with Gasteiger partial charge < -0.3 is 19.9 Å². The summed E-state index contributed by atoms with van der Waals surface area (Å²) in [6, 6.07) is 1.25. The molecule has 1 unspecified atom stereocenters. The molecule has 15 heteroatoms. The molecule has 0 aliphatic carbocycles. The van der Waals surface area contributed by atoms with Crippen molar-refractivity contribution in [2.24, 2.45) is 0 Å². The minimum atomic E-state index is -4.87. The van der Waals surface area contributed by atoms with E-state index in [4.69, 9.17) is 4.74 Å². The number of pyridine rings is 1. The number of ether oxygens (including phenoxy) is 1. The van der Waals surface area contributed by atoms with Gasteiger partial charge in [-0.1, -0.05) is 0 Å². The number of anilines is 2. The van der Waals surface area contributed by atoms with Crippen LogP contribution in [0.25, 0.3) is 0 Å². The number of carbonyl (C=O) groups excluding carboxylic acids is 1. The van der Waals surface area contributed by atoms with Crippen LogP contribution in [-0.4, -0.2) is 71.4 Å². The van der Waals surface area contributed by atoms with Gasteiger partial charge in [0, 0.05) is 38.4 Å². The molecule has 0 bridgehead atoms. The second-order valence-corrected chi connectivity index (χ2v) is 8.12. The predicted molar refractivity (Wildman–Crippen MR) is 116 cm³/mol. The first-order chi connectivity index (χ1) is 16.9. The summed E-state index contributed by atoms with van der Waals surface area (Å²) in [4.78, 5) is 31.2. The Hall–Kier alpha value is -3.36. The van der Waals surface area contributed by atoms with Gasteiger partial charge in [0.15, 0.2) is 0 Å². The Morgan fingerprint density at radius 2 is 1.86 bits per heavy atom. The lowest BCUT2D eigenvalue weighted by Gasteiger charge is -2.35. The van der Waals surface area contributed by atoms with Gasteiger partial charge in [0.25, 0.3) is 5.56 Å². The van der Waals surface area contributed by atoms with Crippen LogP contribution in [0, 0.1) is 0 Å². The molecule has 1 amide bonds. The molecule has 2 aromatic heterocycles. The SMILES string of the molecule is CC(COCCC(=O)N1CCN(c2cc(C(F)(F)F)ccn2)CC1)Nc1cn[nH]c(=O)c1C(F)(F)F. The minimum absolute atomic E-state index is 0.0139. The number of hydrogen-bond donors (Lipinski definition) is 2. The highest BCUT2D eigenvalue weighted by Gasteiger charge is 2.37. The summed E-state index contributed by atoms with van der Waals surface area (Å²) in [7, 11) is 0. The first kappa shape index (κ1) is 27.2. The molecule has 0 aromatic carbocycles. The number of H-pyrrole nitrogens is 1. The van der Waals surface area contributed by atoms with Gasteiger partial charge in [-0.25, -0.2) is 10.1 Å². The van der Waals surface area contributed by atoms with Gasteiger partial charge in [0.05, 0.1) is 37.1 Å². The van der Waals surface area contributed by atoms with E-state index in [1.165, 1.54) is 0 Å². The Morgan fingerprint density at radius 3 is 2.50 bits per heavy atom. The maximum absolute atomic E-state index is 13.1. The van der Waals surface area contributed by atoms with Crippen molar-refractivity contribution in [3.63, 3.8) is 0 Å². The van der Waals surface area contributed by atoms with Crippen LogP contribution in [-0.2, 0) is 21.9 Å². The van der Waals surface area contributed by atoms with Crippen molar-refractivity contribution in [2.75, 3.05) is 49.6 Å². The van der Waals surface area contributed by atoms with E-state index >= 15 is 0 Å². The zero-order valence-electron chi connectivity index (χ0n) is 19.1. The quantitative estimate of drug-likeness (QED) is 0.406. The normalized spacial score (nSPS) is 15.6. The zero-order valence-corrected chi connectivity index (χ0v) is 19.1. The summed E-state index contributed by atoms with van der Waals surface area (Å²) in [6.07, 6.45) is -7.36. The van der Waals surface area contributed by atoms with Gasteiger partial charge in [-0.2, -0.15) is 31.4 Å². The van der Waals surface area contributed by atoms with Crippen LogP contribution in [0.2, 0.25) is 0 Å². The lowest BCUT2D eigenvalue weighted by Crippen LogP contribution is -2.49. The number of aromatic nitrogens is 3. The van der Waals surface area contributed by atoms with Crippen LogP contribution in [0.4, 0.5) is 37.8 Å². The molecule has 0 spiro atoms.